The van der Waals surface area contributed by atoms with E-state index in [1.165, 1.54) is 24.3 Å². The Hall–Kier alpha value is -11.7. The SMILES string of the molecule is CC1(C)CC(Nc2nc(Cl)ncc2F)CC(C)(C)N1.O=c1[nH]nnn1-c1cc([N+](=O)[O-])c(F)cc1C1CC1.[2H]C([2H])([2H])n1nnn(-c2cc(N)c(F)cc2C2CC2)c1=O.[2H]C([2H])([2H])n1nnn(-c2cc(Nc3ncc(F)c(NC4CC(C)(C)NC(C)(C)C4)n3)c(F)cc2C2CC2)c1=O.[2H]C([2H])([2H])n1nnn(-c2cc([N+](=O)[O-])c(F)cc2C2CC2)c1=O. The molecule has 8 N–H and O–H groups in total. The van der Waals surface area contributed by atoms with Crippen LogP contribution >= 0.6 is 11.6 Å². The van der Waals surface area contributed by atoms with Crippen LogP contribution < -0.4 is 55.1 Å². The van der Waals surface area contributed by atoms with Crippen molar-refractivity contribution in [2.45, 2.75) is 190 Å². The molecule has 0 amide bonds. The van der Waals surface area contributed by atoms with Crippen LogP contribution in [0.25, 0.3) is 22.7 Å². The number of halogens is 7. The quantitative estimate of drug-likeness (QED) is 0.0156. The lowest BCUT2D eigenvalue weighted by Crippen LogP contribution is -2.60. The normalized spacial score (nSPS) is 19.0. The third kappa shape index (κ3) is 18.7. The molecule has 594 valence electrons. The van der Waals surface area contributed by atoms with Crippen LogP contribution in [0.1, 0.15) is 191 Å². The van der Waals surface area contributed by atoms with Gasteiger partial charge in [-0.15, -0.1) is 0 Å². The molecular formula is C69H81ClF6N28O8. The summed E-state index contributed by atoms with van der Waals surface area (Å²) in [5, 5.41) is 67.8. The number of hydrogen-bond acceptors (Lipinski definition) is 26. The van der Waals surface area contributed by atoms with Crippen LogP contribution in [0, 0.1) is 55.1 Å². The summed E-state index contributed by atoms with van der Waals surface area (Å²) < 4.78 is 154. The lowest BCUT2D eigenvalue weighted by molar-refractivity contribution is -0.387. The number of nitro groups is 2. The van der Waals surface area contributed by atoms with Gasteiger partial charge in [-0.25, -0.2) is 51.8 Å². The summed E-state index contributed by atoms with van der Waals surface area (Å²) in [4.78, 5) is 84.2. The maximum Gasteiger partial charge on any atom is 0.368 e. The van der Waals surface area contributed by atoms with Crippen molar-refractivity contribution in [2.24, 2.45) is 20.9 Å². The van der Waals surface area contributed by atoms with E-state index in [1.807, 2.05) is 0 Å². The average Bonchev–Trinajstić information content (AvgIpc) is 1.76. The zero-order chi connectivity index (χ0) is 88.5. The number of nitrogens with one attached hydrogen (secondary N) is 6. The van der Waals surface area contributed by atoms with Gasteiger partial charge in [0.15, 0.2) is 23.3 Å². The van der Waals surface area contributed by atoms with Gasteiger partial charge in [0, 0.05) is 79.6 Å². The minimum atomic E-state index is -2.83. The van der Waals surface area contributed by atoms with E-state index in [0.717, 1.165) is 128 Å². The number of aryl methyl sites for hydroxylation is 3. The van der Waals surface area contributed by atoms with Crippen molar-refractivity contribution in [1.29, 1.82) is 0 Å². The summed E-state index contributed by atoms with van der Waals surface area (Å²) in [5.41, 5.74) is 2.50. The van der Waals surface area contributed by atoms with Gasteiger partial charge in [0.1, 0.15) is 11.6 Å². The molecule has 4 saturated carbocycles. The maximum atomic E-state index is 15.2. The second-order valence-corrected chi connectivity index (χ2v) is 30.8. The highest BCUT2D eigenvalue weighted by Crippen LogP contribution is 2.47. The molecule has 6 aliphatic rings. The van der Waals surface area contributed by atoms with Crippen molar-refractivity contribution in [3.63, 3.8) is 0 Å². The van der Waals surface area contributed by atoms with Gasteiger partial charge < -0.3 is 32.3 Å². The molecule has 36 nitrogen and oxygen atoms in total. The number of aromatic nitrogens is 20. The Morgan fingerprint density at radius 3 is 1.23 bits per heavy atom. The summed E-state index contributed by atoms with van der Waals surface area (Å²) in [6.07, 6.45) is 11.9. The molecular weight excluding hydrogens is 1500 g/mol. The minimum absolute atomic E-state index is 0.00437. The van der Waals surface area contributed by atoms with Crippen LogP contribution in [0.4, 0.5) is 66.7 Å². The first-order valence-electron chi connectivity index (χ1n) is 39.5. The number of tetrazole rings is 4. The number of H-pyrrole nitrogens is 1. The summed E-state index contributed by atoms with van der Waals surface area (Å²) in [6, 6.07) is 9.23. The molecule has 16 rings (SSSR count). The Kier molecular flexibility index (Phi) is 19.1. The predicted molar refractivity (Wildman–Crippen MR) is 395 cm³/mol. The first-order chi connectivity index (χ1) is 56.3. The monoisotopic (exact) mass is 1590 g/mol. The van der Waals surface area contributed by atoms with Gasteiger partial charge in [-0.05, 0) is 268 Å². The highest BCUT2D eigenvalue weighted by Gasteiger charge is 2.41. The third-order valence-corrected chi connectivity index (χ3v) is 19.0. The van der Waals surface area contributed by atoms with E-state index in [1.54, 1.807) is 0 Å². The first kappa shape index (κ1) is 68.3. The van der Waals surface area contributed by atoms with Gasteiger partial charge >= 0.3 is 34.1 Å². The Bertz CT molecular complexity index is 5840. The van der Waals surface area contributed by atoms with E-state index in [9.17, 15) is 61.4 Å². The van der Waals surface area contributed by atoms with Gasteiger partial charge in [-0.1, -0.05) is 0 Å². The fourth-order valence-electron chi connectivity index (χ4n) is 14.2. The highest BCUT2D eigenvalue weighted by molar-refractivity contribution is 6.28. The van der Waals surface area contributed by atoms with Crippen LogP contribution in [-0.2, 0) is 20.9 Å². The number of aromatic amines is 1. The average molecular weight is 1590 g/mol. The maximum absolute atomic E-state index is 15.2. The topological polar surface area (TPSA) is 446 Å². The fraction of sp³-hybridized carbons (Fsp3) is 0.478. The molecule has 0 spiro atoms. The number of rotatable bonds is 16. The lowest BCUT2D eigenvalue weighted by atomic mass is 9.79. The number of nitrogens with two attached hydrogens (primary N) is 1. The van der Waals surface area contributed by atoms with Crippen molar-refractivity contribution in [2.75, 3.05) is 21.7 Å². The number of anilines is 5. The van der Waals surface area contributed by atoms with E-state index < -0.39 is 99.8 Å². The zero-order valence-electron chi connectivity index (χ0n) is 70.1. The molecule has 0 bridgehead atoms. The van der Waals surface area contributed by atoms with Crippen molar-refractivity contribution >= 4 is 51.9 Å². The second kappa shape index (κ2) is 31.2. The molecule has 0 unspecified atom stereocenters. The van der Waals surface area contributed by atoms with Crippen LogP contribution in [-0.4, -0.2) is 144 Å². The summed E-state index contributed by atoms with van der Waals surface area (Å²) in [7, 11) is 0. The van der Waals surface area contributed by atoms with Crippen molar-refractivity contribution < 1.29 is 48.5 Å². The van der Waals surface area contributed by atoms with Gasteiger partial charge in [0.05, 0.1) is 56.4 Å². The number of benzene rings is 4. The summed E-state index contributed by atoms with van der Waals surface area (Å²) in [5.74, 6) is -3.97. The van der Waals surface area contributed by atoms with E-state index in [2.05, 4.69) is 149 Å². The number of nitrogens with zero attached hydrogens (tertiary/aromatic N) is 21. The smallest absolute Gasteiger partial charge is 0.368 e. The zero-order valence-corrected chi connectivity index (χ0v) is 61.9. The van der Waals surface area contributed by atoms with Crippen molar-refractivity contribution in [3.8, 4) is 22.7 Å². The lowest BCUT2D eigenvalue weighted by Gasteiger charge is -2.46. The van der Waals surface area contributed by atoms with Gasteiger partial charge in [-0.2, -0.15) is 51.5 Å². The fourth-order valence-corrected chi connectivity index (χ4v) is 14.3. The molecule has 2 saturated heterocycles. The molecule has 43 heteroatoms. The largest absolute Gasteiger partial charge is 0.396 e. The predicted octanol–water partition coefficient (Wildman–Crippen LogP) is 8.70. The first-order valence-corrected chi connectivity index (χ1v) is 35.4. The Morgan fingerprint density at radius 2 is 0.857 bits per heavy atom. The summed E-state index contributed by atoms with van der Waals surface area (Å²) >= 11 is 5.71. The Morgan fingerprint density at radius 1 is 0.491 bits per heavy atom. The van der Waals surface area contributed by atoms with Gasteiger partial charge in [0.25, 0.3) is 0 Å². The van der Waals surface area contributed by atoms with Crippen LogP contribution in [0.5, 0.6) is 0 Å². The Labute approximate surface area is 649 Å². The molecule has 6 aromatic heterocycles. The van der Waals surface area contributed by atoms with E-state index in [0.29, 0.717) is 36.3 Å². The second-order valence-electron chi connectivity index (χ2n) is 30.5. The molecule has 4 aliphatic carbocycles. The Balaban J connectivity index is 0.000000143. The number of nitrogen functional groups attached to an aromatic ring is 1. The third-order valence-electron chi connectivity index (χ3n) is 18.8. The number of hydrogen-bond donors (Lipinski definition) is 7. The standard InChI is InChI=1S/C24H31F2N9O.C13H20ClFN4.C11H10FN5O3.C11H12FN5O.C10H8FN5O3/c1-23(2)10-14(11-24(3,4)31-23)28-20-17(26)12-27-21(30-20)29-18-9-19(35-22(36)34(5)32-33-35)15(8-16(18)25)13-6-7-13;1-12(2)5-8(6-13(3,4)19-12)17-10-9(15)7-16-11(14)18-10;1-15-11(18)16(14-13-15)9-5-10(17(19)20)8(12)4-7(9)6-2-3-6;1-16-11(18)17(15-14-16)10-5-9(13)8(12)4-7(10)6-2-3-6;11-7-3-6(5-1-2-5)8(4-9(7)16(18)19)15-10(17)12-13-14-15/h8-9,12-14,31H,6-7,10-11H2,1-5H3,(H2,27,28,29,30);7-8,19H,5-6H2,1-4H3,(H,16,17,18);4-6H,2-3H2,1H3;4-6H,2-3,13H2,1H3;3-5H,1-2H2,(H,12,14,17)/i5D3;;2*1D3;. The van der Waals surface area contributed by atoms with Crippen LogP contribution in [0.3, 0.4) is 0 Å². The van der Waals surface area contributed by atoms with Crippen LogP contribution in [0.2, 0.25) is 5.28 Å². The minimum Gasteiger partial charge on any atom is -0.396 e. The number of piperidine rings is 2. The molecule has 6 fully saturated rings. The summed E-state index contributed by atoms with van der Waals surface area (Å²) in [6.45, 7) is 8.54. The molecule has 8 heterocycles. The molecule has 0 atom stereocenters. The number of nitro benzene ring substituents is 2. The molecule has 112 heavy (non-hydrogen) atoms. The molecule has 2 aliphatic heterocycles. The molecule has 4 aromatic carbocycles. The van der Waals surface area contributed by atoms with E-state index in [4.69, 9.17) is 29.7 Å². The van der Waals surface area contributed by atoms with E-state index in [-0.39, 0.29) is 120 Å². The van der Waals surface area contributed by atoms with Crippen molar-refractivity contribution in [1.82, 2.24) is 110 Å². The van der Waals surface area contributed by atoms with Crippen molar-refractivity contribution in [3.05, 3.63) is 186 Å². The molecule has 0 radical (unpaired) electrons. The van der Waals surface area contributed by atoms with Gasteiger partial charge in [-0.3, -0.25) is 20.2 Å². The van der Waals surface area contributed by atoms with Gasteiger partial charge in [0.2, 0.25) is 22.9 Å². The van der Waals surface area contributed by atoms with E-state index >= 15 is 4.39 Å². The molecule has 10 aromatic rings. The highest BCUT2D eigenvalue weighted by atomic mass is 35.5. The van der Waals surface area contributed by atoms with Crippen LogP contribution in [0.15, 0.2) is 80.1 Å².